The van der Waals surface area contributed by atoms with Crippen molar-refractivity contribution in [2.45, 2.75) is 19.0 Å². The van der Waals surface area contributed by atoms with E-state index >= 15 is 0 Å². The van der Waals surface area contributed by atoms with Crippen LogP contribution in [0.4, 0.5) is 13.2 Å². The van der Waals surface area contributed by atoms with Crippen LogP contribution in [0.25, 0.3) is 28.0 Å². The number of likely N-dealkylation sites (N-methyl/N-ethyl adjacent to an activating group) is 1. The van der Waals surface area contributed by atoms with Gasteiger partial charge in [0.25, 0.3) is 0 Å². The van der Waals surface area contributed by atoms with Gasteiger partial charge >= 0.3 is 6.18 Å². The summed E-state index contributed by atoms with van der Waals surface area (Å²) in [5, 5.41) is 19.1. The summed E-state index contributed by atoms with van der Waals surface area (Å²) in [6.45, 7) is 3.52. The highest BCUT2D eigenvalue weighted by Crippen LogP contribution is 2.37. The molecule has 0 radical (unpaired) electrons. The van der Waals surface area contributed by atoms with Gasteiger partial charge in [-0.1, -0.05) is 6.07 Å². The quantitative estimate of drug-likeness (QED) is 0.509. The second kappa shape index (κ2) is 7.30. The van der Waals surface area contributed by atoms with Crippen LogP contribution in [0.1, 0.15) is 22.9 Å². The van der Waals surface area contributed by atoms with Crippen LogP contribution in [0.5, 0.6) is 5.75 Å². The predicted molar refractivity (Wildman–Crippen MR) is 113 cm³/mol. The molecule has 5 rings (SSSR count). The van der Waals surface area contributed by atoms with Crippen molar-refractivity contribution < 1.29 is 18.3 Å². The maximum absolute atomic E-state index is 13.6. The minimum absolute atomic E-state index is 0.0802. The molecule has 0 spiro atoms. The minimum Gasteiger partial charge on any atom is -0.507 e. The fourth-order valence-corrected chi connectivity index (χ4v) is 4.11. The molecule has 3 aromatic heterocycles. The van der Waals surface area contributed by atoms with Crippen molar-refractivity contribution in [1.29, 1.82) is 0 Å². The number of hydrogen-bond donors (Lipinski definition) is 1. The molecular weight excluding hydrogens is 419 g/mol. The molecule has 0 bridgehead atoms. The second-order valence-corrected chi connectivity index (χ2v) is 8.25. The predicted octanol–water partition coefficient (Wildman–Crippen LogP) is 4.52. The van der Waals surface area contributed by atoms with Crippen molar-refractivity contribution in [3.05, 3.63) is 65.7 Å². The number of rotatable bonds is 3. The van der Waals surface area contributed by atoms with E-state index in [0.717, 1.165) is 24.8 Å². The molecule has 1 aliphatic rings. The number of hydrogen-bond acceptors (Lipinski definition) is 5. The van der Waals surface area contributed by atoms with Crippen LogP contribution in [-0.4, -0.2) is 49.7 Å². The zero-order valence-electron chi connectivity index (χ0n) is 17.4. The second-order valence-electron chi connectivity index (χ2n) is 8.25. The van der Waals surface area contributed by atoms with Gasteiger partial charge in [0.05, 0.1) is 22.6 Å². The third-order valence-electron chi connectivity index (χ3n) is 5.75. The van der Waals surface area contributed by atoms with Gasteiger partial charge in [-0.3, -0.25) is 0 Å². The Morgan fingerprint density at radius 1 is 1.00 bits per heavy atom. The molecule has 1 N–H and O–H groups in total. The van der Waals surface area contributed by atoms with Gasteiger partial charge in [0, 0.05) is 37.0 Å². The number of alkyl halides is 3. The number of aromatic nitrogens is 4. The standard InChI is InChI=1S/C23H20F3N5O/c1-13-9-31-12-15(7-18(22(31)27-13)23(24,25)26)14-3-4-17(21(32)8-14)20-6-5-19(28-29-20)16-10-30(2)11-16/h3-9,12,16,32H,10-11H2,1-2H3. The number of phenolic OH excluding ortho intramolecular Hbond substituents is 1. The number of aryl methyl sites for hydroxylation is 1. The molecule has 1 fully saturated rings. The average molecular weight is 439 g/mol. The maximum Gasteiger partial charge on any atom is 0.420 e. The number of nitrogens with zero attached hydrogens (tertiary/aromatic N) is 5. The number of imidazole rings is 1. The first-order valence-electron chi connectivity index (χ1n) is 10.1. The molecule has 1 saturated heterocycles. The third kappa shape index (κ3) is 3.58. The Labute approximate surface area is 182 Å². The largest absolute Gasteiger partial charge is 0.507 e. The van der Waals surface area contributed by atoms with Gasteiger partial charge in [-0.2, -0.15) is 23.4 Å². The van der Waals surface area contributed by atoms with Gasteiger partial charge < -0.3 is 14.4 Å². The number of fused-ring (bicyclic) bond motifs is 1. The Hall–Kier alpha value is -3.46. The lowest BCUT2D eigenvalue weighted by Gasteiger charge is -2.35. The zero-order valence-corrected chi connectivity index (χ0v) is 17.4. The van der Waals surface area contributed by atoms with Crippen LogP contribution >= 0.6 is 0 Å². The van der Waals surface area contributed by atoms with Gasteiger partial charge in [0.1, 0.15) is 11.4 Å². The molecule has 1 aromatic carbocycles. The van der Waals surface area contributed by atoms with Crippen molar-refractivity contribution in [2.75, 3.05) is 20.1 Å². The van der Waals surface area contributed by atoms with Gasteiger partial charge in [-0.15, -0.1) is 0 Å². The molecular formula is C23H20F3N5O. The van der Waals surface area contributed by atoms with Crippen molar-refractivity contribution >= 4 is 5.65 Å². The molecule has 32 heavy (non-hydrogen) atoms. The van der Waals surface area contributed by atoms with Gasteiger partial charge in [-0.25, -0.2) is 4.98 Å². The van der Waals surface area contributed by atoms with Crippen molar-refractivity contribution in [1.82, 2.24) is 24.5 Å². The summed E-state index contributed by atoms with van der Waals surface area (Å²) in [5.41, 5.74) is 2.17. The van der Waals surface area contributed by atoms with Crippen LogP contribution in [0.15, 0.2) is 48.8 Å². The van der Waals surface area contributed by atoms with Gasteiger partial charge in [0.15, 0.2) is 0 Å². The van der Waals surface area contributed by atoms with E-state index in [9.17, 15) is 18.3 Å². The molecule has 4 aromatic rings. The van der Waals surface area contributed by atoms with Gasteiger partial charge in [-0.05, 0) is 55.4 Å². The Morgan fingerprint density at radius 3 is 2.41 bits per heavy atom. The first-order valence-corrected chi connectivity index (χ1v) is 10.1. The van der Waals surface area contributed by atoms with Crippen molar-refractivity contribution in [2.24, 2.45) is 0 Å². The fraction of sp³-hybridized carbons (Fsp3) is 0.261. The zero-order chi connectivity index (χ0) is 22.6. The molecule has 0 saturated carbocycles. The summed E-state index contributed by atoms with van der Waals surface area (Å²) in [6.07, 6.45) is -1.44. The van der Waals surface area contributed by atoms with Gasteiger partial charge in [0.2, 0.25) is 0 Å². The van der Waals surface area contributed by atoms with E-state index in [1.54, 1.807) is 37.5 Å². The van der Waals surface area contributed by atoms with E-state index in [1.807, 2.05) is 13.1 Å². The Kier molecular flexibility index (Phi) is 4.67. The summed E-state index contributed by atoms with van der Waals surface area (Å²) >= 11 is 0. The molecule has 4 heterocycles. The first-order chi connectivity index (χ1) is 15.2. The molecule has 0 aliphatic carbocycles. The molecule has 0 unspecified atom stereocenters. The summed E-state index contributed by atoms with van der Waals surface area (Å²) in [5.74, 6) is 0.283. The van der Waals surface area contributed by atoms with E-state index in [1.165, 1.54) is 10.5 Å². The van der Waals surface area contributed by atoms with Crippen molar-refractivity contribution in [3.8, 4) is 28.1 Å². The van der Waals surface area contributed by atoms with E-state index in [2.05, 4.69) is 20.1 Å². The number of aromatic hydroxyl groups is 1. The lowest BCUT2D eigenvalue weighted by Crippen LogP contribution is -2.42. The lowest BCUT2D eigenvalue weighted by molar-refractivity contribution is -0.136. The van der Waals surface area contributed by atoms with E-state index in [-0.39, 0.29) is 11.4 Å². The summed E-state index contributed by atoms with van der Waals surface area (Å²) < 4.78 is 42.2. The van der Waals surface area contributed by atoms with Crippen LogP contribution in [0, 0.1) is 6.92 Å². The highest BCUT2D eigenvalue weighted by Gasteiger charge is 2.34. The number of halogens is 3. The minimum atomic E-state index is -4.55. The highest BCUT2D eigenvalue weighted by molar-refractivity contribution is 5.75. The summed E-state index contributed by atoms with van der Waals surface area (Å²) in [6, 6.07) is 9.51. The normalized spacial score (nSPS) is 15.3. The van der Waals surface area contributed by atoms with Crippen LogP contribution < -0.4 is 0 Å². The third-order valence-corrected chi connectivity index (χ3v) is 5.75. The molecule has 164 valence electrons. The van der Waals surface area contributed by atoms with Crippen LogP contribution in [0.2, 0.25) is 0 Å². The molecule has 0 amide bonds. The van der Waals surface area contributed by atoms with Crippen LogP contribution in [0.3, 0.4) is 0 Å². The number of pyridine rings is 1. The van der Waals surface area contributed by atoms with Crippen LogP contribution in [-0.2, 0) is 6.18 Å². The Balaban J connectivity index is 1.50. The lowest BCUT2D eigenvalue weighted by atomic mass is 9.96. The monoisotopic (exact) mass is 439 g/mol. The fourth-order valence-electron chi connectivity index (χ4n) is 4.11. The molecule has 9 heteroatoms. The SMILES string of the molecule is Cc1cn2cc(-c3ccc(-c4ccc(C5CN(C)C5)nn4)c(O)c3)cc(C(F)(F)F)c2n1. The number of phenols is 1. The Morgan fingerprint density at radius 2 is 1.78 bits per heavy atom. The van der Waals surface area contributed by atoms with E-state index in [4.69, 9.17) is 0 Å². The molecule has 6 nitrogen and oxygen atoms in total. The molecule has 1 aliphatic heterocycles. The smallest absolute Gasteiger partial charge is 0.420 e. The number of benzene rings is 1. The average Bonchev–Trinajstić information content (AvgIpc) is 3.10. The molecule has 0 atom stereocenters. The highest BCUT2D eigenvalue weighted by atomic mass is 19.4. The summed E-state index contributed by atoms with van der Waals surface area (Å²) in [7, 11) is 2.04. The number of likely N-dealkylation sites (tertiary alicyclic amines) is 1. The maximum atomic E-state index is 13.6. The summed E-state index contributed by atoms with van der Waals surface area (Å²) in [4.78, 5) is 6.19. The first kappa shape index (κ1) is 20.4. The van der Waals surface area contributed by atoms with E-state index in [0.29, 0.717) is 34.0 Å². The van der Waals surface area contributed by atoms with E-state index < -0.39 is 11.7 Å². The topological polar surface area (TPSA) is 66.5 Å². The Bertz CT molecular complexity index is 1310. The van der Waals surface area contributed by atoms with Crippen molar-refractivity contribution in [3.63, 3.8) is 0 Å².